The quantitative estimate of drug-likeness (QED) is 0.614. The summed E-state index contributed by atoms with van der Waals surface area (Å²) in [5, 5.41) is 8.85. The summed E-state index contributed by atoms with van der Waals surface area (Å²) in [5.74, 6) is 0.128. The van der Waals surface area contributed by atoms with E-state index in [9.17, 15) is 9.59 Å². The van der Waals surface area contributed by atoms with Crippen LogP contribution < -0.4 is 0 Å². The Morgan fingerprint density at radius 2 is 2.16 bits per heavy atom. The fraction of sp³-hybridized carbons (Fsp3) is 0.500. The summed E-state index contributed by atoms with van der Waals surface area (Å²) < 4.78 is 0. The maximum absolute atomic E-state index is 11.4. The number of nitrogens with zero attached hydrogens (tertiary/aromatic N) is 1. The number of hydrogen-bond acceptors (Lipinski definition) is 4. The number of aromatic nitrogens is 1. The highest BCUT2D eigenvalue weighted by Gasteiger charge is 2.44. The van der Waals surface area contributed by atoms with Crippen molar-refractivity contribution in [2.24, 2.45) is 5.41 Å². The molecule has 0 aliphatic heterocycles. The monoisotopic (exact) mass is 279 g/mol. The van der Waals surface area contributed by atoms with Crippen LogP contribution in [0.2, 0.25) is 0 Å². The van der Waals surface area contributed by atoms with Crippen LogP contribution in [-0.2, 0) is 4.79 Å². The first-order chi connectivity index (χ1) is 9.04. The molecule has 0 aromatic carbocycles. The number of carboxylic acid groups (broad SMARTS) is 1. The lowest BCUT2D eigenvalue weighted by Gasteiger charge is -2.11. The Labute approximate surface area is 116 Å². The normalized spacial score (nSPS) is 16.1. The minimum absolute atomic E-state index is 0.0194. The molecule has 2 rings (SSSR count). The fourth-order valence-electron chi connectivity index (χ4n) is 1.92. The van der Waals surface area contributed by atoms with Crippen LogP contribution >= 0.6 is 11.8 Å². The van der Waals surface area contributed by atoms with Gasteiger partial charge in [-0.1, -0.05) is 6.92 Å². The number of pyridine rings is 1. The van der Waals surface area contributed by atoms with E-state index in [2.05, 4.69) is 4.98 Å². The molecule has 1 aromatic heterocycles. The van der Waals surface area contributed by atoms with Gasteiger partial charge in [0, 0.05) is 23.3 Å². The van der Waals surface area contributed by atoms with E-state index in [4.69, 9.17) is 5.11 Å². The van der Waals surface area contributed by atoms with Crippen LogP contribution in [0.1, 0.15) is 43.1 Å². The van der Waals surface area contributed by atoms with Crippen LogP contribution in [0, 0.1) is 5.41 Å². The van der Waals surface area contributed by atoms with Crippen molar-refractivity contribution in [3.8, 4) is 0 Å². The molecule has 1 fully saturated rings. The number of carboxylic acids is 1. The van der Waals surface area contributed by atoms with Crippen molar-refractivity contribution >= 4 is 23.5 Å². The average molecular weight is 279 g/mol. The van der Waals surface area contributed by atoms with E-state index in [1.165, 1.54) is 0 Å². The van der Waals surface area contributed by atoms with Gasteiger partial charge in [0.05, 0.1) is 6.42 Å². The van der Waals surface area contributed by atoms with E-state index in [0.717, 1.165) is 23.5 Å². The highest BCUT2D eigenvalue weighted by molar-refractivity contribution is 7.99. The van der Waals surface area contributed by atoms with Gasteiger partial charge in [-0.05, 0) is 30.4 Å². The van der Waals surface area contributed by atoms with E-state index in [-0.39, 0.29) is 17.6 Å². The molecule has 1 aliphatic carbocycles. The van der Waals surface area contributed by atoms with Crippen molar-refractivity contribution < 1.29 is 14.7 Å². The number of thioether (sulfide) groups is 1. The smallest absolute Gasteiger partial charge is 0.303 e. The lowest BCUT2D eigenvalue weighted by Crippen LogP contribution is -2.11. The van der Waals surface area contributed by atoms with E-state index < -0.39 is 5.97 Å². The third-order valence-electron chi connectivity index (χ3n) is 3.37. The van der Waals surface area contributed by atoms with Crippen LogP contribution in [0.4, 0.5) is 0 Å². The third-order valence-corrected chi connectivity index (χ3v) is 4.70. The second-order valence-electron chi connectivity index (χ2n) is 5.02. The highest BCUT2D eigenvalue weighted by Crippen LogP contribution is 2.51. The maximum atomic E-state index is 11.4. The van der Waals surface area contributed by atoms with Crippen LogP contribution in [0.25, 0.3) is 0 Å². The lowest BCUT2D eigenvalue weighted by molar-refractivity contribution is -0.138. The van der Waals surface area contributed by atoms with Crippen LogP contribution in [0.3, 0.4) is 0 Å². The van der Waals surface area contributed by atoms with Gasteiger partial charge in [0.15, 0.2) is 5.78 Å². The van der Waals surface area contributed by atoms with Gasteiger partial charge >= 0.3 is 5.97 Å². The molecule has 0 radical (unpaired) electrons. The standard InChI is InChI=1S/C14H17NO3S/c1-2-12(16)11-4-3-10(8-15-11)19-9-14(5-6-14)7-13(17)18/h3-4,8H,2,5-7,9H2,1H3,(H,17,18). The molecule has 1 N–H and O–H groups in total. The van der Waals surface area contributed by atoms with Gasteiger partial charge in [-0.3, -0.25) is 14.6 Å². The molecule has 1 heterocycles. The molecule has 0 bridgehead atoms. The molecular formula is C14H17NO3S. The first kappa shape index (κ1) is 14.1. The van der Waals surface area contributed by atoms with Crippen LogP contribution in [0.5, 0.6) is 0 Å². The third kappa shape index (κ3) is 3.80. The van der Waals surface area contributed by atoms with Gasteiger partial charge in [-0.25, -0.2) is 0 Å². The van der Waals surface area contributed by atoms with E-state index >= 15 is 0 Å². The molecular weight excluding hydrogens is 262 g/mol. The summed E-state index contributed by atoms with van der Waals surface area (Å²) in [4.78, 5) is 27.3. The van der Waals surface area contributed by atoms with Crippen molar-refractivity contribution in [2.75, 3.05) is 5.75 Å². The SMILES string of the molecule is CCC(=O)c1ccc(SCC2(CC(=O)O)CC2)cn1. The van der Waals surface area contributed by atoms with Crippen LogP contribution in [-0.4, -0.2) is 27.6 Å². The Kier molecular flexibility index (Phi) is 4.24. The Morgan fingerprint density at radius 1 is 1.42 bits per heavy atom. The minimum Gasteiger partial charge on any atom is -0.481 e. The predicted octanol–water partition coefficient (Wildman–Crippen LogP) is 3.02. The lowest BCUT2D eigenvalue weighted by atomic mass is 10.1. The molecule has 0 spiro atoms. The van der Waals surface area contributed by atoms with Crippen LogP contribution in [0.15, 0.2) is 23.2 Å². The molecule has 4 nitrogen and oxygen atoms in total. The first-order valence-electron chi connectivity index (χ1n) is 6.38. The first-order valence-corrected chi connectivity index (χ1v) is 7.37. The topological polar surface area (TPSA) is 67.3 Å². The second kappa shape index (κ2) is 5.74. The summed E-state index contributed by atoms with van der Waals surface area (Å²) in [7, 11) is 0. The Morgan fingerprint density at radius 3 is 2.63 bits per heavy atom. The summed E-state index contributed by atoms with van der Waals surface area (Å²) >= 11 is 1.62. The molecule has 0 unspecified atom stereocenters. The number of carbonyl (C=O) groups is 2. The van der Waals surface area contributed by atoms with Gasteiger partial charge in [0.25, 0.3) is 0 Å². The van der Waals surface area contributed by atoms with Gasteiger partial charge < -0.3 is 5.11 Å². The van der Waals surface area contributed by atoms with Crippen molar-refractivity contribution in [1.82, 2.24) is 4.98 Å². The molecule has 0 amide bonds. The highest BCUT2D eigenvalue weighted by atomic mass is 32.2. The zero-order valence-corrected chi connectivity index (χ0v) is 11.7. The second-order valence-corrected chi connectivity index (χ2v) is 6.06. The number of rotatable bonds is 7. The molecule has 0 saturated heterocycles. The van der Waals surface area contributed by atoms with Gasteiger partial charge in [-0.2, -0.15) is 0 Å². The fourth-order valence-corrected chi connectivity index (χ4v) is 3.07. The van der Waals surface area contributed by atoms with Gasteiger partial charge in [0.2, 0.25) is 0 Å². The molecule has 19 heavy (non-hydrogen) atoms. The number of aliphatic carboxylic acids is 1. The van der Waals surface area contributed by atoms with Gasteiger partial charge in [-0.15, -0.1) is 11.8 Å². The summed E-state index contributed by atoms with van der Waals surface area (Å²) in [5.41, 5.74) is 0.479. The Bertz CT molecular complexity index is 480. The van der Waals surface area contributed by atoms with E-state index in [1.54, 1.807) is 24.0 Å². The van der Waals surface area contributed by atoms with Crippen molar-refractivity contribution in [1.29, 1.82) is 0 Å². The Hall–Kier alpha value is -1.36. The van der Waals surface area contributed by atoms with Crippen molar-refractivity contribution in [2.45, 2.75) is 37.5 Å². The number of ketones is 1. The average Bonchev–Trinajstić information content (AvgIpc) is 3.15. The molecule has 1 aliphatic rings. The molecule has 102 valence electrons. The van der Waals surface area contributed by atoms with Gasteiger partial charge in [0.1, 0.15) is 5.69 Å². The Balaban J connectivity index is 1.90. The molecule has 1 saturated carbocycles. The molecule has 0 atom stereocenters. The summed E-state index contributed by atoms with van der Waals surface area (Å²) in [6, 6.07) is 3.63. The predicted molar refractivity (Wildman–Crippen MR) is 73.5 cm³/mol. The number of Topliss-reactive ketones (excluding diaryl/α,β-unsaturated/α-hetero) is 1. The zero-order valence-electron chi connectivity index (χ0n) is 10.9. The molecule has 5 heteroatoms. The van der Waals surface area contributed by atoms with E-state index in [1.807, 2.05) is 13.0 Å². The number of carbonyl (C=O) groups excluding carboxylic acids is 1. The van der Waals surface area contributed by atoms with Crippen molar-refractivity contribution in [3.63, 3.8) is 0 Å². The number of hydrogen-bond donors (Lipinski definition) is 1. The summed E-state index contributed by atoms with van der Waals surface area (Å²) in [6.45, 7) is 1.81. The van der Waals surface area contributed by atoms with E-state index in [0.29, 0.717) is 12.1 Å². The molecule has 1 aromatic rings. The van der Waals surface area contributed by atoms with Crippen molar-refractivity contribution in [3.05, 3.63) is 24.0 Å². The summed E-state index contributed by atoms with van der Waals surface area (Å²) in [6.07, 6.45) is 4.39. The maximum Gasteiger partial charge on any atom is 0.303 e. The largest absolute Gasteiger partial charge is 0.481 e. The minimum atomic E-state index is -0.722. The zero-order chi connectivity index (χ0) is 13.9.